The van der Waals surface area contributed by atoms with Crippen LogP contribution in [0.2, 0.25) is 0 Å². The van der Waals surface area contributed by atoms with Gasteiger partial charge in [-0.1, -0.05) is 20.3 Å². The fourth-order valence-electron chi connectivity index (χ4n) is 1.71. The van der Waals surface area contributed by atoms with Gasteiger partial charge in [0.05, 0.1) is 0 Å². The minimum Gasteiger partial charge on any atom is -0.480 e. The van der Waals surface area contributed by atoms with Crippen molar-refractivity contribution < 1.29 is 19.5 Å². The predicted octanol–water partition coefficient (Wildman–Crippen LogP) is 1.48. The van der Waals surface area contributed by atoms with Gasteiger partial charge in [-0.25, -0.2) is 4.79 Å². The normalized spacial score (nSPS) is 13.2. The molecule has 0 aliphatic carbocycles. The van der Waals surface area contributed by atoms with Gasteiger partial charge in [-0.05, 0) is 17.4 Å². The molecule has 0 saturated heterocycles. The van der Waals surface area contributed by atoms with Crippen LogP contribution < -0.4 is 10.6 Å². The lowest BCUT2D eigenvalue weighted by Gasteiger charge is -2.20. The van der Waals surface area contributed by atoms with Crippen molar-refractivity contribution in [3.05, 3.63) is 22.4 Å². The second-order valence-corrected chi connectivity index (χ2v) is 5.57. The molecule has 0 bridgehead atoms. The number of carbonyl (C=O) groups excluding carboxylic acids is 2. The number of aliphatic carboxylic acids is 1. The molecule has 7 heteroatoms. The zero-order valence-corrected chi connectivity index (χ0v) is 12.9. The number of carbonyl (C=O) groups is 3. The second-order valence-electron chi connectivity index (χ2n) is 4.79. The summed E-state index contributed by atoms with van der Waals surface area (Å²) >= 11 is 1.42. The summed E-state index contributed by atoms with van der Waals surface area (Å²) in [5.41, 5.74) is 0.559. The van der Waals surface area contributed by atoms with Crippen LogP contribution in [-0.4, -0.2) is 35.5 Å². The van der Waals surface area contributed by atoms with Crippen LogP contribution in [-0.2, 0) is 9.59 Å². The Morgan fingerprint density at radius 2 is 2.10 bits per heavy atom. The van der Waals surface area contributed by atoms with E-state index in [0.717, 1.165) is 0 Å². The van der Waals surface area contributed by atoms with Crippen molar-refractivity contribution in [2.75, 3.05) is 6.54 Å². The van der Waals surface area contributed by atoms with E-state index >= 15 is 0 Å². The highest BCUT2D eigenvalue weighted by molar-refractivity contribution is 7.08. The fraction of sp³-hybridized carbons (Fsp3) is 0.500. The Labute approximate surface area is 127 Å². The van der Waals surface area contributed by atoms with Crippen molar-refractivity contribution in [2.24, 2.45) is 5.92 Å². The molecule has 0 radical (unpaired) electrons. The van der Waals surface area contributed by atoms with Crippen LogP contribution in [0, 0.1) is 5.92 Å². The summed E-state index contributed by atoms with van der Waals surface area (Å²) in [6, 6.07) is 0.804. The number of hydrogen-bond donors (Lipinski definition) is 3. The number of hydrogen-bond acceptors (Lipinski definition) is 4. The molecule has 21 heavy (non-hydrogen) atoms. The molecule has 0 spiro atoms. The molecule has 0 aliphatic heterocycles. The van der Waals surface area contributed by atoms with Gasteiger partial charge in [0.15, 0.2) is 0 Å². The van der Waals surface area contributed by atoms with Gasteiger partial charge in [0.2, 0.25) is 5.91 Å². The molecule has 0 aromatic carbocycles. The third kappa shape index (κ3) is 5.55. The molecule has 1 aromatic heterocycles. The Hall–Kier alpha value is -1.89. The summed E-state index contributed by atoms with van der Waals surface area (Å²) in [6.07, 6.45) is 0.711. The highest BCUT2D eigenvalue weighted by Gasteiger charge is 2.24. The number of nitrogens with one attached hydrogen (secondary N) is 2. The summed E-state index contributed by atoms with van der Waals surface area (Å²) in [6.45, 7) is 3.82. The lowest BCUT2D eigenvalue weighted by molar-refractivity contribution is -0.143. The van der Waals surface area contributed by atoms with Crippen molar-refractivity contribution in [1.82, 2.24) is 10.6 Å². The van der Waals surface area contributed by atoms with Crippen LogP contribution >= 0.6 is 11.3 Å². The van der Waals surface area contributed by atoms with Gasteiger partial charge in [-0.15, -0.1) is 0 Å². The number of carboxylic acid groups (broad SMARTS) is 1. The zero-order chi connectivity index (χ0) is 15.8. The minimum atomic E-state index is -1.04. The molecule has 2 atom stereocenters. The van der Waals surface area contributed by atoms with Crippen LogP contribution in [0.1, 0.15) is 37.0 Å². The number of amides is 2. The van der Waals surface area contributed by atoms with Gasteiger partial charge in [0.25, 0.3) is 5.91 Å². The Kier molecular flexibility index (Phi) is 6.87. The summed E-state index contributed by atoms with van der Waals surface area (Å²) in [5.74, 6) is -1.80. The van der Waals surface area contributed by atoms with Crippen LogP contribution in [0.5, 0.6) is 0 Å². The van der Waals surface area contributed by atoms with Crippen LogP contribution in [0.3, 0.4) is 0 Å². The second kappa shape index (κ2) is 8.41. The van der Waals surface area contributed by atoms with Gasteiger partial charge in [-0.3, -0.25) is 9.59 Å². The van der Waals surface area contributed by atoms with E-state index in [9.17, 15) is 14.4 Å². The highest BCUT2D eigenvalue weighted by atomic mass is 32.1. The smallest absolute Gasteiger partial charge is 0.326 e. The van der Waals surface area contributed by atoms with Crippen molar-refractivity contribution in [1.29, 1.82) is 0 Å². The van der Waals surface area contributed by atoms with Crippen molar-refractivity contribution >= 4 is 29.1 Å². The standard InChI is InChI=1S/C14H20N2O4S/c1-3-9(2)12(14(19)20)16-11(17)4-6-15-13(18)10-5-7-21-8-10/h5,7-9,12H,3-4,6H2,1-2H3,(H,15,18)(H,16,17)(H,19,20). The molecule has 6 nitrogen and oxygen atoms in total. The number of rotatable bonds is 8. The molecule has 0 saturated carbocycles. The Bertz CT molecular complexity index is 487. The SMILES string of the molecule is CCC(C)C(NC(=O)CCNC(=O)c1ccsc1)C(=O)O. The van der Waals surface area contributed by atoms with E-state index in [2.05, 4.69) is 10.6 Å². The molecular formula is C14H20N2O4S. The van der Waals surface area contributed by atoms with Gasteiger partial charge in [-0.2, -0.15) is 11.3 Å². The minimum absolute atomic E-state index is 0.0517. The Morgan fingerprint density at radius 1 is 1.38 bits per heavy atom. The summed E-state index contributed by atoms with van der Waals surface area (Å²) in [5, 5.41) is 17.7. The average molecular weight is 312 g/mol. The third-order valence-electron chi connectivity index (χ3n) is 3.22. The Balaban J connectivity index is 2.36. The average Bonchev–Trinajstić information content (AvgIpc) is 2.97. The first-order valence-electron chi connectivity index (χ1n) is 6.78. The van der Waals surface area contributed by atoms with E-state index in [-0.39, 0.29) is 30.7 Å². The Morgan fingerprint density at radius 3 is 2.62 bits per heavy atom. The maximum Gasteiger partial charge on any atom is 0.326 e. The summed E-state index contributed by atoms with van der Waals surface area (Å²) in [4.78, 5) is 34.5. The monoisotopic (exact) mass is 312 g/mol. The van der Waals surface area contributed by atoms with Gasteiger partial charge in [0, 0.05) is 23.9 Å². The lowest BCUT2D eigenvalue weighted by atomic mass is 9.99. The highest BCUT2D eigenvalue weighted by Crippen LogP contribution is 2.08. The molecule has 1 aromatic rings. The van der Waals surface area contributed by atoms with E-state index in [1.165, 1.54) is 11.3 Å². The molecule has 2 amide bonds. The van der Waals surface area contributed by atoms with Crippen LogP contribution in [0.25, 0.3) is 0 Å². The largest absolute Gasteiger partial charge is 0.480 e. The van der Waals surface area contributed by atoms with E-state index in [1.807, 2.05) is 6.92 Å². The fourth-order valence-corrected chi connectivity index (χ4v) is 2.35. The van der Waals surface area contributed by atoms with Crippen LogP contribution in [0.4, 0.5) is 0 Å². The molecule has 116 valence electrons. The zero-order valence-electron chi connectivity index (χ0n) is 12.1. The molecule has 0 fully saturated rings. The lowest BCUT2D eigenvalue weighted by Crippen LogP contribution is -2.45. The van der Waals surface area contributed by atoms with E-state index in [1.54, 1.807) is 23.8 Å². The van der Waals surface area contributed by atoms with Gasteiger partial charge < -0.3 is 15.7 Å². The van der Waals surface area contributed by atoms with Crippen molar-refractivity contribution in [3.8, 4) is 0 Å². The molecule has 3 N–H and O–H groups in total. The van der Waals surface area contributed by atoms with Crippen molar-refractivity contribution in [2.45, 2.75) is 32.7 Å². The summed E-state index contributed by atoms with van der Waals surface area (Å²) < 4.78 is 0. The topological polar surface area (TPSA) is 95.5 Å². The maximum absolute atomic E-state index is 11.7. The predicted molar refractivity (Wildman–Crippen MR) is 80.3 cm³/mol. The molecule has 1 rings (SSSR count). The van der Waals surface area contributed by atoms with E-state index in [4.69, 9.17) is 5.11 Å². The third-order valence-corrected chi connectivity index (χ3v) is 3.90. The van der Waals surface area contributed by atoms with Crippen LogP contribution in [0.15, 0.2) is 16.8 Å². The van der Waals surface area contributed by atoms with Crippen molar-refractivity contribution in [3.63, 3.8) is 0 Å². The molecule has 2 unspecified atom stereocenters. The molecular weight excluding hydrogens is 292 g/mol. The first kappa shape index (κ1) is 17.2. The first-order valence-corrected chi connectivity index (χ1v) is 7.72. The molecule has 0 aliphatic rings. The van der Waals surface area contributed by atoms with Gasteiger partial charge in [0.1, 0.15) is 6.04 Å². The van der Waals surface area contributed by atoms with E-state index in [0.29, 0.717) is 12.0 Å². The maximum atomic E-state index is 11.7. The van der Waals surface area contributed by atoms with E-state index < -0.39 is 12.0 Å². The summed E-state index contributed by atoms with van der Waals surface area (Å²) in [7, 11) is 0. The molecule has 1 heterocycles. The quantitative estimate of drug-likeness (QED) is 0.677. The first-order chi connectivity index (χ1) is 9.95. The van der Waals surface area contributed by atoms with Gasteiger partial charge >= 0.3 is 5.97 Å². The number of carboxylic acids is 1. The number of thiophene rings is 1.